The second kappa shape index (κ2) is 6.45. The summed E-state index contributed by atoms with van der Waals surface area (Å²) in [5.74, 6) is -0.00434. The topological polar surface area (TPSA) is 57.4 Å². The minimum atomic E-state index is -0.00434. The first kappa shape index (κ1) is 13.7. The number of carbonyl (C=O) groups excluding carboxylic acids is 1. The molecule has 1 aliphatic rings. The molecule has 5 nitrogen and oxygen atoms in total. The third kappa shape index (κ3) is 3.44. The maximum atomic E-state index is 12.1. The van der Waals surface area contributed by atoms with E-state index in [9.17, 15) is 4.79 Å². The molecule has 1 amide bonds. The summed E-state index contributed by atoms with van der Waals surface area (Å²) in [4.78, 5) is 17.4. The molecule has 1 fully saturated rings. The van der Waals surface area contributed by atoms with Crippen LogP contribution in [-0.4, -0.2) is 37.2 Å². The highest BCUT2D eigenvalue weighted by Gasteiger charge is 2.15. The van der Waals surface area contributed by atoms with Gasteiger partial charge in [0.15, 0.2) is 0 Å². The van der Waals surface area contributed by atoms with E-state index in [0.29, 0.717) is 6.42 Å². The summed E-state index contributed by atoms with van der Waals surface area (Å²) in [6, 6.07) is 9.83. The highest BCUT2D eigenvalue weighted by molar-refractivity contribution is 5.95. The number of hydrogen-bond donors (Lipinski definition) is 2. The van der Waals surface area contributed by atoms with Crippen LogP contribution in [0.2, 0.25) is 0 Å². The number of morpholine rings is 1. The lowest BCUT2D eigenvalue weighted by atomic mass is 10.2. The molecule has 0 saturated carbocycles. The molecule has 0 bridgehead atoms. The molecule has 1 aromatic carbocycles. The summed E-state index contributed by atoms with van der Waals surface area (Å²) in [5, 5.41) is 3.01. The van der Waals surface area contributed by atoms with Gasteiger partial charge in [-0.05, 0) is 23.8 Å². The number of rotatable bonds is 4. The van der Waals surface area contributed by atoms with E-state index < -0.39 is 0 Å². The zero-order valence-corrected chi connectivity index (χ0v) is 11.8. The van der Waals surface area contributed by atoms with Crippen molar-refractivity contribution in [2.24, 2.45) is 0 Å². The second-order valence-corrected chi connectivity index (χ2v) is 5.06. The minimum Gasteiger partial charge on any atom is -0.378 e. The molecule has 0 spiro atoms. The van der Waals surface area contributed by atoms with Gasteiger partial charge < -0.3 is 19.9 Å². The van der Waals surface area contributed by atoms with Crippen molar-refractivity contribution in [1.82, 2.24) is 4.98 Å². The van der Waals surface area contributed by atoms with Gasteiger partial charge in [-0.25, -0.2) is 0 Å². The maximum absolute atomic E-state index is 12.1. The van der Waals surface area contributed by atoms with E-state index in [1.54, 1.807) is 0 Å². The molecule has 1 aliphatic heterocycles. The highest BCUT2D eigenvalue weighted by atomic mass is 16.5. The summed E-state index contributed by atoms with van der Waals surface area (Å²) in [6.07, 6.45) is 4.04. The third-order valence-electron chi connectivity index (χ3n) is 3.56. The fourth-order valence-corrected chi connectivity index (χ4v) is 2.51. The van der Waals surface area contributed by atoms with Crippen molar-refractivity contribution in [3.63, 3.8) is 0 Å². The Bertz CT molecular complexity index is 589. The molecule has 5 heteroatoms. The van der Waals surface area contributed by atoms with E-state index in [1.165, 1.54) is 0 Å². The first-order chi connectivity index (χ1) is 10.3. The summed E-state index contributed by atoms with van der Waals surface area (Å²) in [7, 11) is 0. The van der Waals surface area contributed by atoms with Crippen LogP contribution in [0.1, 0.15) is 5.56 Å². The number of hydrogen-bond acceptors (Lipinski definition) is 3. The third-order valence-corrected chi connectivity index (χ3v) is 3.56. The lowest BCUT2D eigenvalue weighted by Gasteiger charge is -2.30. The number of para-hydroxylation sites is 2. The van der Waals surface area contributed by atoms with E-state index >= 15 is 0 Å². The Labute approximate surface area is 123 Å². The molecule has 2 aromatic rings. The van der Waals surface area contributed by atoms with Gasteiger partial charge in [0.1, 0.15) is 0 Å². The predicted octanol–water partition coefficient (Wildman–Crippen LogP) is 2.03. The first-order valence-electron chi connectivity index (χ1n) is 7.16. The number of anilines is 2. The molecule has 110 valence electrons. The summed E-state index contributed by atoms with van der Waals surface area (Å²) in [5.41, 5.74) is 2.90. The average molecular weight is 285 g/mol. The standard InChI is InChI=1S/C16H19N3O2/c20-16(11-13-5-6-17-12-13)18-14-3-1-2-4-15(14)19-7-9-21-10-8-19/h1-6,12,17H,7-11H2,(H,18,20). The Morgan fingerprint density at radius 2 is 2.05 bits per heavy atom. The molecule has 0 radical (unpaired) electrons. The van der Waals surface area contributed by atoms with Gasteiger partial charge in [-0.3, -0.25) is 4.79 Å². The molecule has 1 saturated heterocycles. The fourth-order valence-electron chi connectivity index (χ4n) is 2.51. The minimum absolute atomic E-state index is 0.00434. The monoisotopic (exact) mass is 285 g/mol. The number of aromatic amines is 1. The van der Waals surface area contributed by atoms with E-state index in [4.69, 9.17) is 4.74 Å². The summed E-state index contributed by atoms with van der Waals surface area (Å²) >= 11 is 0. The Kier molecular flexibility index (Phi) is 4.21. The Morgan fingerprint density at radius 1 is 1.24 bits per heavy atom. The van der Waals surface area contributed by atoms with Gasteiger partial charge in [-0.1, -0.05) is 12.1 Å². The summed E-state index contributed by atoms with van der Waals surface area (Å²) in [6.45, 7) is 3.16. The SMILES string of the molecule is O=C(Cc1cc[nH]c1)Nc1ccccc1N1CCOCC1. The van der Waals surface area contributed by atoms with Gasteiger partial charge in [-0.15, -0.1) is 0 Å². The quantitative estimate of drug-likeness (QED) is 0.903. The molecular weight excluding hydrogens is 266 g/mol. The Balaban J connectivity index is 1.71. The number of aromatic nitrogens is 1. The van der Waals surface area contributed by atoms with Crippen LogP contribution in [0, 0.1) is 0 Å². The smallest absolute Gasteiger partial charge is 0.228 e. The van der Waals surface area contributed by atoms with Gasteiger partial charge in [0.05, 0.1) is 31.0 Å². The van der Waals surface area contributed by atoms with Crippen molar-refractivity contribution in [2.45, 2.75) is 6.42 Å². The Hall–Kier alpha value is -2.27. The van der Waals surface area contributed by atoms with Crippen molar-refractivity contribution >= 4 is 17.3 Å². The molecule has 1 aromatic heterocycles. The molecule has 2 N–H and O–H groups in total. The highest BCUT2D eigenvalue weighted by Crippen LogP contribution is 2.26. The molecule has 2 heterocycles. The fraction of sp³-hybridized carbons (Fsp3) is 0.312. The van der Waals surface area contributed by atoms with Gasteiger partial charge in [-0.2, -0.15) is 0 Å². The van der Waals surface area contributed by atoms with Crippen LogP contribution >= 0.6 is 0 Å². The molecular formula is C16H19N3O2. The molecule has 0 unspecified atom stereocenters. The van der Waals surface area contributed by atoms with Crippen LogP contribution < -0.4 is 10.2 Å². The lowest BCUT2D eigenvalue weighted by molar-refractivity contribution is -0.115. The van der Waals surface area contributed by atoms with Crippen LogP contribution in [0.3, 0.4) is 0 Å². The van der Waals surface area contributed by atoms with Gasteiger partial charge in [0.2, 0.25) is 5.91 Å². The van der Waals surface area contributed by atoms with Gasteiger partial charge in [0, 0.05) is 25.5 Å². The predicted molar refractivity (Wildman–Crippen MR) is 82.6 cm³/mol. The zero-order chi connectivity index (χ0) is 14.5. The lowest BCUT2D eigenvalue weighted by Crippen LogP contribution is -2.36. The van der Waals surface area contributed by atoms with Gasteiger partial charge >= 0.3 is 0 Å². The van der Waals surface area contributed by atoms with E-state index in [1.807, 2.05) is 42.7 Å². The number of ether oxygens (including phenoxy) is 1. The number of benzene rings is 1. The van der Waals surface area contributed by atoms with Crippen LogP contribution in [0.4, 0.5) is 11.4 Å². The van der Waals surface area contributed by atoms with E-state index in [0.717, 1.165) is 43.2 Å². The number of nitrogens with zero attached hydrogens (tertiary/aromatic N) is 1. The number of carbonyl (C=O) groups is 1. The number of amides is 1. The molecule has 3 rings (SSSR count). The molecule has 0 aliphatic carbocycles. The normalized spacial score (nSPS) is 15.0. The van der Waals surface area contributed by atoms with Crippen LogP contribution in [0.15, 0.2) is 42.7 Å². The molecule has 0 atom stereocenters. The van der Waals surface area contributed by atoms with Gasteiger partial charge in [0.25, 0.3) is 0 Å². The number of nitrogens with one attached hydrogen (secondary N) is 2. The van der Waals surface area contributed by atoms with E-state index in [2.05, 4.69) is 15.2 Å². The van der Waals surface area contributed by atoms with Crippen LogP contribution in [0.25, 0.3) is 0 Å². The van der Waals surface area contributed by atoms with Crippen LogP contribution in [0.5, 0.6) is 0 Å². The Morgan fingerprint density at radius 3 is 2.81 bits per heavy atom. The average Bonchev–Trinajstić information content (AvgIpc) is 3.01. The maximum Gasteiger partial charge on any atom is 0.228 e. The van der Waals surface area contributed by atoms with Crippen molar-refractivity contribution < 1.29 is 9.53 Å². The van der Waals surface area contributed by atoms with Crippen molar-refractivity contribution in [3.05, 3.63) is 48.3 Å². The number of H-pyrrole nitrogens is 1. The van der Waals surface area contributed by atoms with Crippen molar-refractivity contribution in [3.8, 4) is 0 Å². The largest absolute Gasteiger partial charge is 0.378 e. The van der Waals surface area contributed by atoms with Crippen molar-refractivity contribution in [1.29, 1.82) is 0 Å². The molecule has 21 heavy (non-hydrogen) atoms. The van der Waals surface area contributed by atoms with E-state index in [-0.39, 0.29) is 5.91 Å². The first-order valence-corrected chi connectivity index (χ1v) is 7.16. The van der Waals surface area contributed by atoms with Crippen molar-refractivity contribution in [2.75, 3.05) is 36.5 Å². The second-order valence-electron chi connectivity index (χ2n) is 5.06. The summed E-state index contributed by atoms with van der Waals surface area (Å²) < 4.78 is 5.38. The zero-order valence-electron chi connectivity index (χ0n) is 11.8. The van der Waals surface area contributed by atoms with Crippen LogP contribution in [-0.2, 0) is 16.0 Å².